The second-order valence-electron chi connectivity index (χ2n) is 3.50. The van der Waals surface area contributed by atoms with Crippen LogP contribution in [-0.4, -0.2) is 30.5 Å². The Kier molecular flexibility index (Phi) is 5.23. The van der Waals surface area contributed by atoms with E-state index in [4.69, 9.17) is 5.73 Å². The quantitative estimate of drug-likeness (QED) is 0.642. The van der Waals surface area contributed by atoms with Gasteiger partial charge in [-0.25, -0.2) is 0 Å². The number of nitrogens with one attached hydrogen (secondary N) is 1. The van der Waals surface area contributed by atoms with Crippen molar-refractivity contribution in [2.45, 2.75) is 19.3 Å². The summed E-state index contributed by atoms with van der Waals surface area (Å²) in [7, 11) is 0. The predicted molar refractivity (Wildman–Crippen MR) is 56.7 cm³/mol. The first kappa shape index (κ1) is 10.9. The maximum absolute atomic E-state index is 10.4. The summed E-state index contributed by atoms with van der Waals surface area (Å²) in [6, 6.07) is 0. The molecule has 0 spiro atoms. The van der Waals surface area contributed by atoms with E-state index < -0.39 is 0 Å². The Labute approximate surface area is 83.8 Å². The van der Waals surface area contributed by atoms with Crippen LogP contribution in [-0.2, 0) is 4.79 Å². The summed E-state index contributed by atoms with van der Waals surface area (Å²) >= 11 is 1.85. The minimum Gasteiger partial charge on any atom is -0.370 e. The predicted octanol–water partition coefficient (Wildman–Crippen LogP) is 0.595. The van der Waals surface area contributed by atoms with Crippen molar-refractivity contribution < 1.29 is 4.79 Å². The van der Waals surface area contributed by atoms with Gasteiger partial charge in [0, 0.05) is 12.2 Å². The maximum Gasteiger partial charge on any atom is 0.218 e. The van der Waals surface area contributed by atoms with Gasteiger partial charge in [0.2, 0.25) is 5.91 Å². The van der Waals surface area contributed by atoms with Crippen LogP contribution >= 0.6 is 11.8 Å². The molecule has 1 atom stereocenters. The molecule has 3 nitrogen and oxygen atoms in total. The molecule has 76 valence electrons. The molecule has 0 radical (unpaired) electrons. The number of primary amides is 1. The molecule has 1 fully saturated rings. The SMILES string of the molecule is NC(=O)CCSCC1CCCNC1. The molecule has 0 saturated carbocycles. The minimum atomic E-state index is -0.186. The molecule has 1 amide bonds. The first-order valence-electron chi connectivity index (χ1n) is 4.86. The lowest BCUT2D eigenvalue weighted by Gasteiger charge is -2.22. The fourth-order valence-electron chi connectivity index (χ4n) is 1.49. The van der Waals surface area contributed by atoms with Crippen LogP contribution in [0.3, 0.4) is 0 Å². The van der Waals surface area contributed by atoms with Gasteiger partial charge in [0.15, 0.2) is 0 Å². The number of hydrogen-bond acceptors (Lipinski definition) is 3. The van der Waals surface area contributed by atoms with Crippen LogP contribution in [0.5, 0.6) is 0 Å². The summed E-state index contributed by atoms with van der Waals surface area (Å²) in [4.78, 5) is 10.4. The second kappa shape index (κ2) is 6.27. The third-order valence-electron chi connectivity index (χ3n) is 2.25. The Hall–Kier alpha value is -0.220. The molecule has 1 saturated heterocycles. The number of thioether (sulfide) groups is 1. The minimum absolute atomic E-state index is 0.186. The first-order valence-corrected chi connectivity index (χ1v) is 6.01. The molecule has 0 aliphatic carbocycles. The van der Waals surface area contributed by atoms with E-state index in [1.807, 2.05) is 11.8 Å². The van der Waals surface area contributed by atoms with Gasteiger partial charge >= 0.3 is 0 Å². The zero-order chi connectivity index (χ0) is 9.52. The van der Waals surface area contributed by atoms with Crippen molar-refractivity contribution in [1.29, 1.82) is 0 Å². The lowest BCUT2D eigenvalue weighted by atomic mass is 10.0. The van der Waals surface area contributed by atoms with Gasteiger partial charge in [-0.3, -0.25) is 4.79 Å². The number of piperidine rings is 1. The molecule has 0 aromatic heterocycles. The van der Waals surface area contributed by atoms with Crippen molar-refractivity contribution in [1.82, 2.24) is 5.32 Å². The smallest absolute Gasteiger partial charge is 0.218 e. The largest absolute Gasteiger partial charge is 0.370 e. The van der Waals surface area contributed by atoms with Crippen molar-refractivity contribution in [3.8, 4) is 0 Å². The van der Waals surface area contributed by atoms with Gasteiger partial charge in [-0.2, -0.15) is 11.8 Å². The molecule has 4 heteroatoms. The molecule has 1 unspecified atom stereocenters. The number of rotatable bonds is 5. The fourth-order valence-corrected chi connectivity index (χ4v) is 2.62. The highest BCUT2D eigenvalue weighted by Crippen LogP contribution is 2.16. The standard InChI is InChI=1S/C9H18N2OS/c10-9(12)3-5-13-7-8-2-1-4-11-6-8/h8,11H,1-7H2,(H2,10,12). The van der Waals surface area contributed by atoms with Gasteiger partial charge in [0.1, 0.15) is 0 Å². The molecule has 1 heterocycles. The number of carbonyl (C=O) groups is 1. The molecule has 1 aliphatic heterocycles. The Morgan fingerprint density at radius 1 is 1.62 bits per heavy atom. The molecule has 3 N–H and O–H groups in total. The summed E-state index contributed by atoms with van der Waals surface area (Å²) in [5, 5.41) is 3.38. The molecule has 0 aromatic carbocycles. The van der Waals surface area contributed by atoms with E-state index >= 15 is 0 Å². The molecule has 13 heavy (non-hydrogen) atoms. The highest BCUT2D eigenvalue weighted by Gasteiger charge is 2.12. The van der Waals surface area contributed by atoms with E-state index in [2.05, 4.69) is 5.32 Å². The summed E-state index contributed by atoms with van der Waals surface area (Å²) < 4.78 is 0. The van der Waals surface area contributed by atoms with Gasteiger partial charge in [-0.1, -0.05) is 0 Å². The zero-order valence-electron chi connectivity index (χ0n) is 7.92. The van der Waals surface area contributed by atoms with E-state index in [-0.39, 0.29) is 5.91 Å². The maximum atomic E-state index is 10.4. The topological polar surface area (TPSA) is 55.1 Å². The number of amides is 1. The summed E-state index contributed by atoms with van der Waals surface area (Å²) in [5.74, 6) is 2.66. The van der Waals surface area contributed by atoms with Crippen LogP contribution < -0.4 is 11.1 Å². The van der Waals surface area contributed by atoms with Gasteiger partial charge in [-0.05, 0) is 37.6 Å². The van der Waals surface area contributed by atoms with Gasteiger partial charge in [0.25, 0.3) is 0 Å². The fraction of sp³-hybridized carbons (Fsp3) is 0.889. The van der Waals surface area contributed by atoms with Crippen LogP contribution in [0.4, 0.5) is 0 Å². The summed E-state index contributed by atoms with van der Waals surface area (Å²) in [5.41, 5.74) is 5.05. The zero-order valence-corrected chi connectivity index (χ0v) is 8.74. The van der Waals surface area contributed by atoms with E-state index in [0.29, 0.717) is 6.42 Å². The Morgan fingerprint density at radius 2 is 2.46 bits per heavy atom. The van der Waals surface area contributed by atoms with Gasteiger partial charge < -0.3 is 11.1 Å². The van der Waals surface area contributed by atoms with Gasteiger partial charge in [0.05, 0.1) is 0 Å². The Morgan fingerprint density at radius 3 is 3.08 bits per heavy atom. The highest BCUT2D eigenvalue weighted by atomic mass is 32.2. The third kappa shape index (κ3) is 5.16. The molecule has 0 bridgehead atoms. The van der Waals surface area contributed by atoms with E-state index in [9.17, 15) is 4.79 Å². The van der Waals surface area contributed by atoms with E-state index in [1.165, 1.54) is 25.1 Å². The number of carbonyl (C=O) groups excluding carboxylic acids is 1. The normalized spacial score (nSPS) is 22.9. The van der Waals surface area contributed by atoms with Crippen molar-refractivity contribution in [3.05, 3.63) is 0 Å². The van der Waals surface area contributed by atoms with E-state index in [0.717, 1.165) is 18.2 Å². The molecular weight excluding hydrogens is 184 g/mol. The van der Waals surface area contributed by atoms with Crippen LogP contribution in [0.25, 0.3) is 0 Å². The third-order valence-corrected chi connectivity index (χ3v) is 3.45. The second-order valence-corrected chi connectivity index (χ2v) is 4.65. The Bertz CT molecular complexity index is 158. The van der Waals surface area contributed by atoms with Crippen LogP contribution in [0.15, 0.2) is 0 Å². The average molecular weight is 202 g/mol. The van der Waals surface area contributed by atoms with Crippen molar-refractivity contribution in [2.75, 3.05) is 24.6 Å². The van der Waals surface area contributed by atoms with Crippen molar-refractivity contribution in [3.63, 3.8) is 0 Å². The molecule has 1 aliphatic rings. The lowest BCUT2D eigenvalue weighted by Crippen LogP contribution is -2.31. The number of hydrogen-bond donors (Lipinski definition) is 2. The van der Waals surface area contributed by atoms with Gasteiger partial charge in [-0.15, -0.1) is 0 Å². The first-order chi connectivity index (χ1) is 6.29. The molecule has 0 aromatic rings. The Balaban J connectivity index is 1.95. The lowest BCUT2D eigenvalue weighted by molar-refractivity contribution is -0.117. The van der Waals surface area contributed by atoms with Crippen LogP contribution in [0.1, 0.15) is 19.3 Å². The monoisotopic (exact) mass is 202 g/mol. The van der Waals surface area contributed by atoms with Crippen molar-refractivity contribution >= 4 is 17.7 Å². The summed E-state index contributed by atoms with van der Waals surface area (Å²) in [6.45, 7) is 2.31. The summed E-state index contributed by atoms with van der Waals surface area (Å²) in [6.07, 6.45) is 3.14. The van der Waals surface area contributed by atoms with Crippen LogP contribution in [0.2, 0.25) is 0 Å². The van der Waals surface area contributed by atoms with E-state index in [1.54, 1.807) is 0 Å². The average Bonchev–Trinajstić information content (AvgIpc) is 2.14. The number of nitrogens with two attached hydrogens (primary N) is 1. The van der Waals surface area contributed by atoms with Crippen molar-refractivity contribution in [2.24, 2.45) is 11.7 Å². The highest BCUT2D eigenvalue weighted by molar-refractivity contribution is 7.99. The molecular formula is C9H18N2OS. The molecule has 1 rings (SSSR count). The van der Waals surface area contributed by atoms with Crippen LogP contribution in [0, 0.1) is 5.92 Å².